The molecule has 0 saturated carbocycles. The zero-order valence-corrected chi connectivity index (χ0v) is 12.1. The predicted octanol–water partition coefficient (Wildman–Crippen LogP) is 1.32. The van der Waals surface area contributed by atoms with Crippen molar-refractivity contribution >= 4 is 17.7 Å². The summed E-state index contributed by atoms with van der Waals surface area (Å²) in [7, 11) is 0. The fraction of sp³-hybridized carbons (Fsp3) is 0.385. The number of aromatic nitrogens is 4. The number of rotatable bonds is 3. The van der Waals surface area contributed by atoms with E-state index < -0.39 is 30.6 Å². The van der Waals surface area contributed by atoms with E-state index in [1.165, 1.54) is 24.5 Å². The lowest BCUT2D eigenvalue weighted by Gasteiger charge is -2.33. The average molecular weight is 343 g/mol. The summed E-state index contributed by atoms with van der Waals surface area (Å²) in [6, 6.07) is 0.762. The average Bonchev–Trinajstić information content (AvgIpc) is 3.13. The number of fused-ring (bicyclic) bond motifs is 1. The molecule has 11 heteroatoms. The lowest BCUT2D eigenvalue weighted by molar-refractivity contribution is -0.173. The van der Waals surface area contributed by atoms with Crippen molar-refractivity contribution in [3.8, 4) is 0 Å². The molecule has 0 radical (unpaired) electrons. The number of hydrogen-bond donors (Lipinski definition) is 1. The van der Waals surface area contributed by atoms with Crippen LogP contribution < -0.4 is 4.90 Å². The third-order valence-corrected chi connectivity index (χ3v) is 3.75. The molecule has 1 N–H and O–H groups in total. The Balaban J connectivity index is 1.84. The Hall–Kier alpha value is -2.85. The van der Waals surface area contributed by atoms with E-state index in [2.05, 4.69) is 10.2 Å². The van der Waals surface area contributed by atoms with Gasteiger partial charge in [-0.25, -0.2) is 14.2 Å². The van der Waals surface area contributed by atoms with Crippen LogP contribution in [0.1, 0.15) is 23.0 Å². The second-order valence-corrected chi connectivity index (χ2v) is 5.20. The fourth-order valence-corrected chi connectivity index (χ4v) is 2.66. The van der Waals surface area contributed by atoms with E-state index in [1.54, 1.807) is 0 Å². The van der Waals surface area contributed by atoms with Crippen molar-refractivity contribution in [1.82, 2.24) is 19.6 Å². The first-order valence-electron chi connectivity index (χ1n) is 6.94. The third-order valence-electron chi connectivity index (χ3n) is 3.75. The number of anilines is 1. The van der Waals surface area contributed by atoms with Gasteiger partial charge in [0.05, 0.1) is 6.20 Å². The fourth-order valence-electron chi connectivity index (χ4n) is 2.66. The van der Waals surface area contributed by atoms with Crippen LogP contribution in [0.3, 0.4) is 0 Å². The Morgan fingerprint density at radius 3 is 2.62 bits per heavy atom. The Kier molecular flexibility index (Phi) is 3.78. The summed E-state index contributed by atoms with van der Waals surface area (Å²) in [5, 5.41) is 16.4. The minimum Gasteiger partial charge on any atom is -0.477 e. The molecule has 8 nitrogen and oxygen atoms in total. The molecule has 1 aliphatic heterocycles. The van der Waals surface area contributed by atoms with Gasteiger partial charge in [0.1, 0.15) is 18.1 Å². The Bertz CT molecular complexity index is 782. The monoisotopic (exact) mass is 343 g/mol. The molecule has 0 fully saturated rings. The standard InChI is InChI=1S/C13H12F3N5O3/c14-13(15,16)9-3-6-19(10-2-5-18-21(9)10)11(22)7-20-8(12(23)24)1-4-17-20/h1-2,4-5,9H,3,6-7H2,(H,23,24). The Labute approximate surface area is 133 Å². The van der Waals surface area contributed by atoms with Gasteiger partial charge in [0.15, 0.2) is 6.04 Å². The van der Waals surface area contributed by atoms with Crippen molar-refractivity contribution in [2.75, 3.05) is 11.4 Å². The van der Waals surface area contributed by atoms with Gasteiger partial charge < -0.3 is 5.11 Å². The third kappa shape index (κ3) is 2.72. The Morgan fingerprint density at radius 1 is 1.25 bits per heavy atom. The van der Waals surface area contributed by atoms with Crippen LogP contribution in [0.2, 0.25) is 0 Å². The number of hydrogen-bond acceptors (Lipinski definition) is 4. The van der Waals surface area contributed by atoms with Gasteiger partial charge in [-0.2, -0.15) is 23.4 Å². The molecule has 1 unspecified atom stereocenters. The summed E-state index contributed by atoms with van der Waals surface area (Å²) in [5.74, 6) is -1.79. The van der Waals surface area contributed by atoms with Gasteiger partial charge in [0, 0.05) is 18.8 Å². The number of aromatic carboxylic acids is 1. The molecule has 128 valence electrons. The molecule has 3 heterocycles. The highest BCUT2D eigenvalue weighted by molar-refractivity contribution is 5.93. The molecule has 1 atom stereocenters. The van der Waals surface area contributed by atoms with Gasteiger partial charge in [-0.1, -0.05) is 0 Å². The molecule has 0 spiro atoms. The molecule has 24 heavy (non-hydrogen) atoms. The van der Waals surface area contributed by atoms with Crippen molar-refractivity contribution < 1.29 is 27.9 Å². The van der Waals surface area contributed by atoms with Gasteiger partial charge >= 0.3 is 12.1 Å². The normalized spacial score (nSPS) is 17.6. The number of carboxylic acids is 1. The second-order valence-electron chi connectivity index (χ2n) is 5.20. The zero-order chi connectivity index (χ0) is 17.5. The number of nitrogens with zero attached hydrogens (tertiary/aromatic N) is 5. The molecule has 2 aromatic rings. The van der Waals surface area contributed by atoms with Crippen molar-refractivity contribution in [2.24, 2.45) is 0 Å². The van der Waals surface area contributed by atoms with E-state index in [1.807, 2.05) is 0 Å². The highest BCUT2D eigenvalue weighted by Gasteiger charge is 2.45. The minimum absolute atomic E-state index is 0.0256. The van der Waals surface area contributed by atoms with Crippen LogP contribution in [0.4, 0.5) is 19.0 Å². The van der Waals surface area contributed by atoms with Gasteiger partial charge in [0.25, 0.3) is 0 Å². The number of amides is 1. The van der Waals surface area contributed by atoms with E-state index in [0.717, 1.165) is 14.3 Å². The van der Waals surface area contributed by atoms with E-state index >= 15 is 0 Å². The molecule has 2 aromatic heterocycles. The van der Waals surface area contributed by atoms with Crippen molar-refractivity contribution in [3.05, 3.63) is 30.2 Å². The number of carboxylic acid groups (broad SMARTS) is 1. The highest BCUT2D eigenvalue weighted by atomic mass is 19.4. The summed E-state index contributed by atoms with van der Waals surface area (Å²) in [5.41, 5.74) is -0.179. The van der Waals surface area contributed by atoms with Crippen LogP contribution in [0, 0.1) is 0 Å². The van der Waals surface area contributed by atoms with E-state index in [9.17, 15) is 22.8 Å². The lowest BCUT2D eigenvalue weighted by Crippen LogP contribution is -2.44. The SMILES string of the molecule is O=C(O)c1ccnn1CC(=O)N1CCC(C(F)(F)F)n2nccc21. The molecule has 1 aliphatic rings. The molecule has 1 amide bonds. The Morgan fingerprint density at radius 2 is 1.96 bits per heavy atom. The maximum atomic E-state index is 13.0. The van der Waals surface area contributed by atoms with Crippen LogP contribution >= 0.6 is 0 Å². The van der Waals surface area contributed by atoms with Gasteiger partial charge in [0.2, 0.25) is 5.91 Å². The lowest BCUT2D eigenvalue weighted by atomic mass is 10.1. The predicted molar refractivity (Wildman–Crippen MR) is 73.5 cm³/mol. The molecule has 3 rings (SSSR count). The highest BCUT2D eigenvalue weighted by Crippen LogP contribution is 2.38. The zero-order valence-electron chi connectivity index (χ0n) is 12.1. The van der Waals surface area contributed by atoms with Crippen LogP contribution in [-0.2, 0) is 11.3 Å². The first kappa shape index (κ1) is 16.0. The van der Waals surface area contributed by atoms with Crippen molar-refractivity contribution in [3.63, 3.8) is 0 Å². The smallest absolute Gasteiger partial charge is 0.410 e. The number of alkyl halides is 3. The minimum atomic E-state index is -4.46. The summed E-state index contributed by atoms with van der Waals surface area (Å²) in [6.45, 7) is -0.533. The van der Waals surface area contributed by atoms with E-state index in [0.29, 0.717) is 0 Å². The molecule has 0 bridgehead atoms. The molecule has 0 saturated heterocycles. The van der Waals surface area contributed by atoms with E-state index in [-0.39, 0.29) is 24.5 Å². The van der Waals surface area contributed by atoms with Crippen LogP contribution in [-0.4, -0.2) is 49.3 Å². The quantitative estimate of drug-likeness (QED) is 0.907. The summed E-state index contributed by atoms with van der Waals surface area (Å²) >= 11 is 0. The van der Waals surface area contributed by atoms with Crippen LogP contribution in [0.25, 0.3) is 0 Å². The summed E-state index contributed by atoms with van der Waals surface area (Å²) in [4.78, 5) is 24.6. The van der Waals surface area contributed by atoms with Crippen molar-refractivity contribution in [2.45, 2.75) is 25.2 Å². The first-order valence-corrected chi connectivity index (χ1v) is 6.94. The summed E-state index contributed by atoms with van der Waals surface area (Å²) < 4.78 is 40.8. The topological polar surface area (TPSA) is 93.2 Å². The van der Waals surface area contributed by atoms with E-state index in [4.69, 9.17) is 5.11 Å². The summed E-state index contributed by atoms with van der Waals surface area (Å²) in [6.07, 6.45) is -2.36. The number of halogens is 3. The second kappa shape index (κ2) is 5.65. The van der Waals surface area contributed by atoms with Crippen LogP contribution in [0.15, 0.2) is 24.5 Å². The molecular formula is C13H12F3N5O3. The number of carbonyl (C=O) groups excluding carboxylic acids is 1. The first-order chi connectivity index (χ1) is 11.3. The maximum absolute atomic E-state index is 13.0. The largest absolute Gasteiger partial charge is 0.477 e. The van der Waals surface area contributed by atoms with Gasteiger partial charge in [-0.05, 0) is 12.5 Å². The molecular weight excluding hydrogens is 331 g/mol. The van der Waals surface area contributed by atoms with Crippen LogP contribution in [0.5, 0.6) is 0 Å². The van der Waals surface area contributed by atoms with Gasteiger partial charge in [-0.3, -0.25) is 9.69 Å². The molecule has 0 aromatic carbocycles. The van der Waals surface area contributed by atoms with Gasteiger partial charge in [-0.15, -0.1) is 0 Å². The maximum Gasteiger partial charge on any atom is 0.410 e. The molecule has 0 aliphatic carbocycles. The van der Waals surface area contributed by atoms with Crippen molar-refractivity contribution in [1.29, 1.82) is 0 Å². The number of carbonyl (C=O) groups is 2.